The fourth-order valence-electron chi connectivity index (χ4n) is 3.65. The van der Waals surface area contributed by atoms with Gasteiger partial charge < -0.3 is 15.2 Å². The van der Waals surface area contributed by atoms with Gasteiger partial charge in [0.1, 0.15) is 0 Å². The number of carbonyl (C=O) groups is 2. The molecule has 0 bridgehead atoms. The number of aliphatic carboxylic acids is 1. The summed E-state index contributed by atoms with van der Waals surface area (Å²) >= 11 is 0. The third-order valence-corrected chi connectivity index (χ3v) is 5.34. The third-order valence-electron chi connectivity index (χ3n) is 5.34. The Morgan fingerprint density at radius 2 is 1.78 bits per heavy atom. The molecule has 3 fully saturated rings. The lowest BCUT2D eigenvalue weighted by atomic mass is 9.84. The van der Waals surface area contributed by atoms with E-state index in [9.17, 15) is 9.59 Å². The highest BCUT2D eigenvalue weighted by Gasteiger charge is 2.37. The lowest BCUT2D eigenvalue weighted by Crippen LogP contribution is -2.55. The van der Waals surface area contributed by atoms with Crippen LogP contribution in [0.5, 0.6) is 0 Å². The Morgan fingerprint density at radius 1 is 1.09 bits per heavy atom. The van der Waals surface area contributed by atoms with E-state index in [1.165, 1.54) is 12.8 Å². The second-order valence-electron chi connectivity index (χ2n) is 7.42. The lowest BCUT2D eigenvalue weighted by molar-refractivity contribution is -0.140. The molecule has 0 unspecified atom stereocenters. The topological polar surface area (TPSA) is 78.9 Å². The first-order chi connectivity index (χ1) is 11.1. The van der Waals surface area contributed by atoms with Gasteiger partial charge in [0.15, 0.2) is 0 Å². The Bertz CT molecular complexity index is 426. The van der Waals surface area contributed by atoms with Crippen molar-refractivity contribution in [3.8, 4) is 0 Å². The number of hydrogen-bond donors (Lipinski definition) is 2. The molecular weight excluding hydrogens is 296 g/mol. The molecule has 0 spiro atoms. The van der Waals surface area contributed by atoms with Gasteiger partial charge in [-0.3, -0.25) is 14.5 Å². The fraction of sp³-hybridized carbons (Fsp3) is 0.882. The number of hydrogen-bond acceptors (Lipinski definition) is 4. The van der Waals surface area contributed by atoms with Crippen LogP contribution in [-0.4, -0.2) is 60.3 Å². The molecule has 6 nitrogen and oxygen atoms in total. The zero-order valence-corrected chi connectivity index (χ0v) is 13.7. The highest BCUT2D eigenvalue weighted by molar-refractivity contribution is 5.76. The smallest absolute Gasteiger partial charge is 0.317 e. The first-order valence-electron chi connectivity index (χ1n) is 8.93. The molecule has 130 valence electrons. The monoisotopic (exact) mass is 324 g/mol. The van der Waals surface area contributed by atoms with Crippen LogP contribution < -0.4 is 5.32 Å². The van der Waals surface area contributed by atoms with Crippen LogP contribution in [0.3, 0.4) is 0 Å². The van der Waals surface area contributed by atoms with Crippen LogP contribution >= 0.6 is 0 Å². The van der Waals surface area contributed by atoms with Gasteiger partial charge in [0, 0.05) is 38.3 Å². The van der Waals surface area contributed by atoms with E-state index in [2.05, 4.69) is 10.2 Å². The van der Waals surface area contributed by atoms with Crippen molar-refractivity contribution in [2.45, 2.75) is 57.0 Å². The van der Waals surface area contributed by atoms with Gasteiger partial charge in [-0.2, -0.15) is 0 Å². The summed E-state index contributed by atoms with van der Waals surface area (Å²) in [5, 5.41) is 12.2. The van der Waals surface area contributed by atoms with Crippen molar-refractivity contribution >= 4 is 11.9 Å². The maximum Gasteiger partial charge on any atom is 0.317 e. The van der Waals surface area contributed by atoms with Crippen LogP contribution in [0.2, 0.25) is 0 Å². The van der Waals surface area contributed by atoms with Gasteiger partial charge in [0.25, 0.3) is 0 Å². The molecule has 2 aliphatic carbocycles. The summed E-state index contributed by atoms with van der Waals surface area (Å²) in [4.78, 5) is 25.2. The van der Waals surface area contributed by atoms with Gasteiger partial charge in [-0.1, -0.05) is 0 Å². The fourth-order valence-corrected chi connectivity index (χ4v) is 3.65. The molecule has 23 heavy (non-hydrogen) atoms. The molecule has 0 aromatic rings. The molecule has 3 aliphatic rings. The number of ether oxygens (including phenoxy) is 1. The van der Waals surface area contributed by atoms with Crippen LogP contribution in [0.4, 0.5) is 0 Å². The Labute approximate surface area is 137 Å². The molecule has 0 aromatic heterocycles. The highest BCUT2D eigenvalue weighted by Crippen LogP contribution is 2.33. The highest BCUT2D eigenvalue weighted by atomic mass is 16.5. The molecule has 3 rings (SSSR count). The summed E-state index contributed by atoms with van der Waals surface area (Å²) in [7, 11) is 0. The van der Waals surface area contributed by atoms with Crippen LogP contribution in [0.15, 0.2) is 0 Å². The van der Waals surface area contributed by atoms with Gasteiger partial charge >= 0.3 is 5.97 Å². The number of carboxylic acids is 1. The minimum Gasteiger partial charge on any atom is -0.480 e. The molecule has 1 aliphatic heterocycles. The first kappa shape index (κ1) is 16.7. The lowest BCUT2D eigenvalue weighted by Gasteiger charge is -2.43. The largest absolute Gasteiger partial charge is 0.480 e. The average molecular weight is 324 g/mol. The van der Waals surface area contributed by atoms with E-state index in [0.717, 1.165) is 45.4 Å². The van der Waals surface area contributed by atoms with E-state index in [0.29, 0.717) is 24.3 Å². The summed E-state index contributed by atoms with van der Waals surface area (Å²) < 4.78 is 5.32. The number of nitrogens with zero attached hydrogens (tertiary/aromatic N) is 1. The second kappa shape index (κ2) is 7.62. The molecule has 0 aromatic carbocycles. The number of carbonyl (C=O) groups excluding carboxylic acids is 1. The van der Waals surface area contributed by atoms with Crippen molar-refractivity contribution in [1.29, 1.82) is 0 Å². The summed E-state index contributed by atoms with van der Waals surface area (Å²) in [6.07, 6.45) is 6.80. The van der Waals surface area contributed by atoms with Crippen LogP contribution in [-0.2, 0) is 14.3 Å². The van der Waals surface area contributed by atoms with E-state index in [4.69, 9.17) is 9.84 Å². The number of amides is 1. The predicted octanol–water partition coefficient (Wildman–Crippen LogP) is 1.25. The Kier molecular flexibility index (Phi) is 5.54. The van der Waals surface area contributed by atoms with E-state index in [-0.39, 0.29) is 18.5 Å². The zero-order valence-electron chi connectivity index (χ0n) is 13.7. The van der Waals surface area contributed by atoms with Crippen LogP contribution in [0.25, 0.3) is 0 Å². The van der Waals surface area contributed by atoms with Gasteiger partial charge in [0.2, 0.25) is 5.91 Å². The van der Waals surface area contributed by atoms with Gasteiger partial charge in [-0.05, 0) is 50.4 Å². The molecule has 1 heterocycles. The molecule has 6 heteroatoms. The van der Waals surface area contributed by atoms with Crippen LogP contribution in [0.1, 0.15) is 44.9 Å². The Balaban J connectivity index is 1.36. The summed E-state index contributed by atoms with van der Waals surface area (Å²) in [5.41, 5.74) is 0. The molecule has 1 amide bonds. The van der Waals surface area contributed by atoms with E-state index >= 15 is 0 Å². The SMILES string of the molecule is O=C(O)CN(CC1CC1)C1CC(NC(=O)CC2CCOCC2)C1. The van der Waals surface area contributed by atoms with Crippen molar-refractivity contribution in [3.05, 3.63) is 0 Å². The minimum atomic E-state index is -0.752. The number of nitrogens with one attached hydrogen (secondary N) is 1. The average Bonchev–Trinajstić information content (AvgIpc) is 3.26. The molecule has 0 radical (unpaired) electrons. The van der Waals surface area contributed by atoms with Crippen molar-refractivity contribution < 1.29 is 19.4 Å². The molecular formula is C17H28N2O4. The second-order valence-corrected chi connectivity index (χ2v) is 7.42. The van der Waals surface area contributed by atoms with E-state index in [1.807, 2.05) is 0 Å². The summed E-state index contributed by atoms with van der Waals surface area (Å²) in [6, 6.07) is 0.544. The maximum atomic E-state index is 12.1. The third kappa shape index (κ3) is 5.18. The van der Waals surface area contributed by atoms with Crippen molar-refractivity contribution in [1.82, 2.24) is 10.2 Å². The maximum absolute atomic E-state index is 12.1. The summed E-state index contributed by atoms with van der Waals surface area (Å²) in [5.74, 6) is 0.541. The molecule has 2 N–H and O–H groups in total. The Morgan fingerprint density at radius 3 is 2.39 bits per heavy atom. The molecule has 2 saturated carbocycles. The predicted molar refractivity (Wildman–Crippen MR) is 85.0 cm³/mol. The van der Waals surface area contributed by atoms with Gasteiger partial charge in [0.05, 0.1) is 6.54 Å². The standard InChI is InChI=1S/C17H28N2O4/c20-16(7-12-3-5-23-6-4-12)18-14-8-15(9-14)19(11-17(21)22)10-13-1-2-13/h12-15H,1-11H2,(H,18,20)(H,21,22). The molecule has 1 saturated heterocycles. The number of carboxylic acid groups (broad SMARTS) is 1. The van der Waals surface area contributed by atoms with Gasteiger partial charge in [-0.25, -0.2) is 0 Å². The van der Waals surface area contributed by atoms with Crippen molar-refractivity contribution in [2.75, 3.05) is 26.3 Å². The minimum absolute atomic E-state index is 0.129. The Hall–Kier alpha value is -1.14. The molecule has 0 atom stereocenters. The first-order valence-corrected chi connectivity index (χ1v) is 8.93. The van der Waals surface area contributed by atoms with Crippen molar-refractivity contribution in [3.63, 3.8) is 0 Å². The zero-order chi connectivity index (χ0) is 16.2. The quantitative estimate of drug-likeness (QED) is 0.702. The van der Waals surface area contributed by atoms with E-state index in [1.54, 1.807) is 0 Å². The van der Waals surface area contributed by atoms with Gasteiger partial charge in [-0.15, -0.1) is 0 Å². The normalized spacial score (nSPS) is 28.4. The number of rotatable bonds is 8. The van der Waals surface area contributed by atoms with Crippen molar-refractivity contribution in [2.24, 2.45) is 11.8 Å². The summed E-state index contributed by atoms with van der Waals surface area (Å²) in [6.45, 7) is 2.58. The van der Waals surface area contributed by atoms with E-state index < -0.39 is 5.97 Å². The van der Waals surface area contributed by atoms with Crippen LogP contribution in [0, 0.1) is 11.8 Å².